The lowest BCUT2D eigenvalue weighted by Crippen LogP contribution is -2.52. The van der Waals surface area contributed by atoms with E-state index < -0.39 is 12.1 Å². The average Bonchev–Trinajstić information content (AvgIpc) is 2.74. The van der Waals surface area contributed by atoms with Crippen LogP contribution >= 0.6 is 0 Å². The van der Waals surface area contributed by atoms with E-state index >= 15 is 0 Å². The number of amides is 1. The van der Waals surface area contributed by atoms with E-state index in [4.69, 9.17) is 10.5 Å². The van der Waals surface area contributed by atoms with Crippen LogP contribution in [0.1, 0.15) is 25.7 Å². The Hall–Kier alpha value is -1.36. The molecule has 2 aliphatic rings. The van der Waals surface area contributed by atoms with Crippen molar-refractivity contribution < 1.29 is 14.3 Å². The van der Waals surface area contributed by atoms with Gasteiger partial charge in [-0.2, -0.15) is 0 Å². The van der Waals surface area contributed by atoms with Gasteiger partial charge in [-0.05, 0) is 25.7 Å². The van der Waals surface area contributed by atoms with Crippen LogP contribution in [0.4, 0.5) is 0 Å². The summed E-state index contributed by atoms with van der Waals surface area (Å²) in [6.07, 6.45) is 6.84. The molecule has 1 saturated heterocycles. The highest BCUT2D eigenvalue weighted by molar-refractivity contribution is 5.88. The van der Waals surface area contributed by atoms with Crippen LogP contribution in [0.25, 0.3) is 0 Å². The molecule has 2 aliphatic heterocycles. The maximum atomic E-state index is 12.2. The molecule has 0 aromatic carbocycles. The summed E-state index contributed by atoms with van der Waals surface area (Å²) in [6, 6.07) is -0.899. The first-order valence-corrected chi connectivity index (χ1v) is 5.95. The molecule has 0 spiro atoms. The van der Waals surface area contributed by atoms with E-state index in [2.05, 4.69) is 0 Å². The van der Waals surface area contributed by atoms with Crippen molar-refractivity contribution in [1.82, 2.24) is 4.90 Å². The summed E-state index contributed by atoms with van der Waals surface area (Å²) in [7, 11) is 1.35. The Kier molecular flexibility index (Phi) is 3.47. The van der Waals surface area contributed by atoms with E-state index in [1.165, 1.54) is 7.11 Å². The van der Waals surface area contributed by atoms with Crippen LogP contribution in [0.5, 0.6) is 0 Å². The second-order valence-electron chi connectivity index (χ2n) is 4.56. The Bertz CT molecular complexity index is 354. The van der Waals surface area contributed by atoms with Crippen LogP contribution in [-0.4, -0.2) is 42.0 Å². The molecule has 17 heavy (non-hydrogen) atoms. The predicted octanol–water partition coefficient (Wildman–Crippen LogP) is 0.196. The fourth-order valence-corrected chi connectivity index (χ4v) is 2.60. The Labute approximate surface area is 101 Å². The first kappa shape index (κ1) is 12.1. The fourth-order valence-electron chi connectivity index (χ4n) is 2.60. The van der Waals surface area contributed by atoms with Gasteiger partial charge < -0.3 is 15.4 Å². The summed E-state index contributed by atoms with van der Waals surface area (Å²) in [5, 5.41) is 0. The molecule has 2 N–H and O–H groups in total. The zero-order valence-electron chi connectivity index (χ0n) is 9.96. The zero-order valence-corrected chi connectivity index (χ0v) is 9.96. The summed E-state index contributed by atoms with van der Waals surface area (Å²) in [6.45, 7) is 0. The minimum absolute atomic E-state index is 0.0919. The number of nitrogens with zero attached hydrogens (tertiary/aromatic N) is 1. The number of esters is 1. The largest absolute Gasteiger partial charge is 0.467 e. The van der Waals surface area contributed by atoms with Gasteiger partial charge in [0.15, 0.2) is 0 Å². The van der Waals surface area contributed by atoms with Crippen LogP contribution in [0, 0.1) is 0 Å². The number of hydrogen-bond donors (Lipinski definition) is 1. The van der Waals surface area contributed by atoms with Gasteiger partial charge in [0, 0.05) is 6.04 Å². The molecule has 94 valence electrons. The van der Waals surface area contributed by atoms with E-state index in [1.807, 2.05) is 12.2 Å². The van der Waals surface area contributed by atoms with E-state index in [1.54, 1.807) is 4.90 Å². The lowest BCUT2D eigenvalue weighted by atomic mass is 10.1. The summed E-state index contributed by atoms with van der Waals surface area (Å²) in [5.74, 6) is -0.468. The van der Waals surface area contributed by atoms with Crippen LogP contribution < -0.4 is 5.73 Å². The highest BCUT2D eigenvalue weighted by Gasteiger charge is 2.42. The smallest absolute Gasteiger partial charge is 0.328 e. The van der Waals surface area contributed by atoms with Gasteiger partial charge in [0.1, 0.15) is 6.04 Å². The molecule has 0 saturated carbocycles. The van der Waals surface area contributed by atoms with Crippen molar-refractivity contribution in [2.75, 3.05) is 7.11 Å². The van der Waals surface area contributed by atoms with Crippen LogP contribution in [0.2, 0.25) is 0 Å². The number of fused-ring (bicyclic) bond motifs is 1. The molecule has 0 unspecified atom stereocenters. The minimum Gasteiger partial charge on any atom is -0.467 e. The van der Waals surface area contributed by atoms with Gasteiger partial charge >= 0.3 is 5.97 Å². The van der Waals surface area contributed by atoms with Crippen molar-refractivity contribution >= 4 is 11.9 Å². The number of methoxy groups -OCH3 is 1. The first-order chi connectivity index (χ1) is 8.15. The Morgan fingerprint density at radius 1 is 1.41 bits per heavy atom. The molecule has 0 aromatic heterocycles. The van der Waals surface area contributed by atoms with Gasteiger partial charge in [-0.3, -0.25) is 4.79 Å². The van der Waals surface area contributed by atoms with Crippen LogP contribution in [0.15, 0.2) is 12.2 Å². The molecule has 0 bridgehead atoms. The predicted molar refractivity (Wildman–Crippen MR) is 62.0 cm³/mol. The molecule has 1 amide bonds. The normalized spacial score (nSPS) is 32.9. The van der Waals surface area contributed by atoms with Crippen molar-refractivity contribution in [3.05, 3.63) is 12.2 Å². The number of rotatable bonds is 1. The van der Waals surface area contributed by atoms with Gasteiger partial charge in [0.2, 0.25) is 5.91 Å². The lowest BCUT2D eigenvalue weighted by molar-refractivity contribution is -0.152. The molecule has 2 heterocycles. The third-order valence-electron chi connectivity index (χ3n) is 3.51. The third-order valence-corrected chi connectivity index (χ3v) is 3.51. The molecular formula is C12H18N2O3. The maximum absolute atomic E-state index is 12.2. The Balaban J connectivity index is 2.24. The molecule has 5 heteroatoms. The molecule has 0 aliphatic carbocycles. The SMILES string of the molecule is COC(=O)[C@@H]1CC[C@H]2CC=CC[C@H](N)C(=O)N21. The van der Waals surface area contributed by atoms with E-state index in [-0.39, 0.29) is 17.9 Å². The molecule has 5 nitrogen and oxygen atoms in total. The number of ether oxygens (including phenoxy) is 1. The van der Waals surface area contributed by atoms with Crippen molar-refractivity contribution in [2.24, 2.45) is 5.73 Å². The topological polar surface area (TPSA) is 72.6 Å². The average molecular weight is 238 g/mol. The molecule has 2 rings (SSSR count). The third kappa shape index (κ3) is 2.20. The monoisotopic (exact) mass is 238 g/mol. The quantitative estimate of drug-likeness (QED) is 0.523. The van der Waals surface area contributed by atoms with E-state index in [0.29, 0.717) is 12.8 Å². The van der Waals surface area contributed by atoms with E-state index in [0.717, 1.165) is 12.8 Å². The number of hydrogen-bond acceptors (Lipinski definition) is 4. The Morgan fingerprint density at radius 3 is 2.82 bits per heavy atom. The fraction of sp³-hybridized carbons (Fsp3) is 0.667. The lowest BCUT2D eigenvalue weighted by Gasteiger charge is -2.31. The zero-order chi connectivity index (χ0) is 12.4. The summed E-state index contributed by atoms with van der Waals surface area (Å²) in [5.41, 5.74) is 5.81. The highest BCUT2D eigenvalue weighted by Crippen LogP contribution is 2.29. The standard InChI is InChI=1S/C12H18N2O3/c1-17-12(16)10-7-6-8-4-2-3-5-9(13)11(15)14(8)10/h2-3,8-10H,4-7,13H2,1H3/t8-,9+,10+/m1/s1. The molecule has 0 radical (unpaired) electrons. The summed E-state index contributed by atoms with van der Waals surface area (Å²) >= 11 is 0. The second kappa shape index (κ2) is 4.87. The molecule has 1 fully saturated rings. The second-order valence-corrected chi connectivity index (χ2v) is 4.56. The van der Waals surface area contributed by atoms with Gasteiger partial charge in [-0.1, -0.05) is 12.2 Å². The van der Waals surface area contributed by atoms with Crippen molar-refractivity contribution in [2.45, 2.75) is 43.8 Å². The van der Waals surface area contributed by atoms with Crippen molar-refractivity contribution in [3.63, 3.8) is 0 Å². The van der Waals surface area contributed by atoms with Crippen molar-refractivity contribution in [1.29, 1.82) is 0 Å². The van der Waals surface area contributed by atoms with Gasteiger partial charge in [-0.15, -0.1) is 0 Å². The van der Waals surface area contributed by atoms with Crippen LogP contribution in [-0.2, 0) is 14.3 Å². The summed E-state index contributed by atoms with van der Waals surface area (Å²) in [4.78, 5) is 25.5. The number of carbonyl (C=O) groups excluding carboxylic acids is 2. The highest BCUT2D eigenvalue weighted by atomic mass is 16.5. The van der Waals surface area contributed by atoms with Gasteiger partial charge in [0.05, 0.1) is 13.2 Å². The summed E-state index contributed by atoms with van der Waals surface area (Å²) < 4.78 is 4.75. The molecule has 0 aromatic rings. The Morgan fingerprint density at radius 2 is 2.12 bits per heavy atom. The molecule has 3 atom stereocenters. The van der Waals surface area contributed by atoms with E-state index in [9.17, 15) is 9.59 Å². The van der Waals surface area contributed by atoms with Crippen molar-refractivity contribution in [3.8, 4) is 0 Å². The van der Waals surface area contributed by atoms with Crippen LogP contribution in [0.3, 0.4) is 0 Å². The number of carbonyl (C=O) groups is 2. The van der Waals surface area contributed by atoms with Gasteiger partial charge in [-0.25, -0.2) is 4.79 Å². The van der Waals surface area contributed by atoms with Gasteiger partial charge in [0.25, 0.3) is 0 Å². The first-order valence-electron chi connectivity index (χ1n) is 5.95. The maximum Gasteiger partial charge on any atom is 0.328 e. The molecular weight excluding hydrogens is 220 g/mol. The minimum atomic E-state index is -0.542. The number of nitrogens with two attached hydrogens (primary N) is 1.